The lowest BCUT2D eigenvalue weighted by Gasteiger charge is -2.36. The number of hydrogen-bond acceptors (Lipinski definition) is 5. The normalized spacial score (nSPS) is 32.5. The van der Waals surface area contributed by atoms with Gasteiger partial charge in [-0.15, -0.1) is 11.8 Å². The third-order valence-corrected chi connectivity index (χ3v) is 9.95. The van der Waals surface area contributed by atoms with Gasteiger partial charge in [0.25, 0.3) is 0 Å². The molecule has 186 valence electrons. The molecule has 0 aromatic heterocycles. The van der Waals surface area contributed by atoms with E-state index in [0.29, 0.717) is 19.5 Å². The van der Waals surface area contributed by atoms with Crippen molar-refractivity contribution in [1.82, 2.24) is 15.5 Å². The Bertz CT molecular complexity index is 924. The molecule has 0 radical (unpaired) electrons. The van der Waals surface area contributed by atoms with Gasteiger partial charge < -0.3 is 20.6 Å². The average Bonchev–Trinajstić information content (AvgIpc) is 3.40. The number of fused-ring (bicyclic) bond motifs is 1. The lowest BCUT2D eigenvalue weighted by Crippen LogP contribution is -2.56. The Balaban J connectivity index is 1.65. The van der Waals surface area contributed by atoms with Crippen molar-refractivity contribution in [3.63, 3.8) is 0 Å². The molecular formula is C26H37N3O4S. The maximum Gasteiger partial charge on any atom is 0.244 e. The van der Waals surface area contributed by atoms with Gasteiger partial charge >= 0.3 is 0 Å². The van der Waals surface area contributed by atoms with Crippen LogP contribution in [0.2, 0.25) is 0 Å². The Morgan fingerprint density at radius 2 is 1.91 bits per heavy atom. The molecule has 3 N–H and O–H groups in total. The number of amides is 3. The molecule has 0 saturated carbocycles. The highest BCUT2D eigenvalue weighted by Crippen LogP contribution is 2.71. The molecule has 3 heterocycles. The van der Waals surface area contributed by atoms with Crippen molar-refractivity contribution in [2.45, 2.75) is 81.0 Å². The van der Waals surface area contributed by atoms with Crippen LogP contribution in [0, 0.1) is 11.8 Å². The van der Waals surface area contributed by atoms with Gasteiger partial charge in [-0.1, -0.05) is 50.6 Å². The van der Waals surface area contributed by atoms with Gasteiger partial charge in [-0.25, -0.2) is 0 Å². The standard InChI is InChI=1S/C26H37N3O4S/c1-4-6-14-27-23(32)21-26-13-12-25(3,34-26)19(20(26)24(33)29(21)18(5-2)16-30)22(31)28-15-17-10-8-7-9-11-17/h7-11,18-21,30H,4-6,12-16H2,1-3H3,(H,27,32)(H,28,31)/t18-,19-,20-,21?,25+,26?/m0/s1. The number of carbonyl (C=O) groups is 3. The van der Waals surface area contributed by atoms with E-state index in [4.69, 9.17) is 0 Å². The number of unbranched alkanes of at least 4 members (excludes halogenated alkanes) is 1. The number of aliphatic hydroxyl groups excluding tert-OH is 1. The molecule has 3 saturated heterocycles. The summed E-state index contributed by atoms with van der Waals surface area (Å²) in [7, 11) is 0. The van der Waals surface area contributed by atoms with Crippen LogP contribution in [0.25, 0.3) is 0 Å². The molecule has 3 aliphatic rings. The summed E-state index contributed by atoms with van der Waals surface area (Å²) in [6.07, 6.45) is 3.89. The molecule has 1 aromatic carbocycles. The van der Waals surface area contributed by atoms with Gasteiger partial charge in [0.05, 0.1) is 29.2 Å². The maximum absolute atomic E-state index is 13.9. The molecule has 34 heavy (non-hydrogen) atoms. The highest BCUT2D eigenvalue weighted by molar-refractivity contribution is 8.02. The molecule has 0 aliphatic carbocycles. The maximum atomic E-state index is 13.9. The fraction of sp³-hybridized carbons (Fsp3) is 0.654. The van der Waals surface area contributed by atoms with Gasteiger partial charge in [0.1, 0.15) is 6.04 Å². The van der Waals surface area contributed by atoms with Crippen molar-refractivity contribution in [2.24, 2.45) is 11.8 Å². The number of thioether (sulfide) groups is 1. The van der Waals surface area contributed by atoms with Crippen molar-refractivity contribution in [3.8, 4) is 0 Å². The fourth-order valence-corrected chi connectivity index (χ4v) is 8.59. The van der Waals surface area contributed by atoms with Crippen LogP contribution in [0.15, 0.2) is 30.3 Å². The van der Waals surface area contributed by atoms with Crippen LogP contribution in [0.3, 0.4) is 0 Å². The van der Waals surface area contributed by atoms with Crippen LogP contribution in [-0.2, 0) is 20.9 Å². The van der Waals surface area contributed by atoms with Crippen molar-refractivity contribution in [3.05, 3.63) is 35.9 Å². The summed E-state index contributed by atoms with van der Waals surface area (Å²) in [6.45, 7) is 6.83. The number of carbonyl (C=O) groups excluding carboxylic acids is 3. The van der Waals surface area contributed by atoms with Crippen molar-refractivity contribution < 1.29 is 19.5 Å². The van der Waals surface area contributed by atoms with Crippen LogP contribution in [0.4, 0.5) is 0 Å². The molecule has 3 amide bonds. The van der Waals surface area contributed by atoms with Gasteiger partial charge in [-0.05, 0) is 38.2 Å². The quantitative estimate of drug-likeness (QED) is 0.441. The molecule has 7 nitrogen and oxygen atoms in total. The Labute approximate surface area is 206 Å². The summed E-state index contributed by atoms with van der Waals surface area (Å²) in [4.78, 5) is 42.7. The highest BCUT2D eigenvalue weighted by atomic mass is 32.2. The van der Waals surface area contributed by atoms with Gasteiger partial charge in [0.2, 0.25) is 17.7 Å². The van der Waals surface area contributed by atoms with E-state index in [-0.39, 0.29) is 24.3 Å². The summed E-state index contributed by atoms with van der Waals surface area (Å²) >= 11 is 1.67. The zero-order chi connectivity index (χ0) is 24.5. The first-order chi connectivity index (χ1) is 16.3. The largest absolute Gasteiger partial charge is 0.394 e. The molecule has 8 heteroatoms. The number of rotatable bonds is 10. The SMILES string of the molecule is CCCCNC(=O)C1N([C@@H](CC)CO)C(=O)[C@@H]2[C@@H](C(=O)NCc3ccccc3)[C@@]3(C)CCC12S3. The number of likely N-dealkylation sites (tertiary alicyclic amines) is 1. The van der Waals surface area contributed by atoms with E-state index in [2.05, 4.69) is 24.5 Å². The zero-order valence-corrected chi connectivity index (χ0v) is 21.2. The number of hydrogen-bond donors (Lipinski definition) is 3. The second kappa shape index (κ2) is 9.90. The lowest BCUT2D eigenvalue weighted by atomic mass is 9.66. The zero-order valence-electron chi connectivity index (χ0n) is 20.4. The topological polar surface area (TPSA) is 98.7 Å². The van der Waals surface area contributed by atoms with E-state index in [1.807, 2.05) is 37.3 Å². The Kier molecular flexibility index (Phi) is 7.29. The minimum Gasteiger partial charge on any atom is -0.394 e. The Morgan fingerprint density at radius 3 is 2.56 bits per heavy atom. The van der Waals surface area contributed by atoms with E-state index in [1.165, 1.54) is 0 Å². The second-order valence-corrected chi connectivity index (χ2v) is 12.0. The number of aliphatic hydroxyl groups is 1. The van der Waals surface area contributed by atoms with Gasteiger partial charge in [-0.3, -0.25) is 14.4 Å². The molecule has 1 spiro atoms. The minimum atomic E-state index is -0.669. The molecule has 3 aliphatic heterocycles. The second-order valence-electron chi connectivity index (χ2n) is 10.1. The van der Waals surface area contributed by atoms with Crippen molar-refractivity contribution >= 4 is 29.5 Å². The summed E-state index contributed by atoms with van der Waals surface area (Å²) in [5.41, 5.74) is 1.01. The minimum absolute atomic E-state index is 0.122. The molecular weight excluding hydrogens is 450 g/mol. The number of nitrogens with zero attached hydrogens (tertiary/aromatic N) is 1. The predicted octanol–water partition coefficient (Wildman–Crippen LogP) is 2.47. The molecule has 3 fully saturated rings. The molecule has 2 bridgehead atoms. The number of nitrogens with one attached hydrogen (secondary N) is 2. The average molecular weight is 488 g/mol. The monoisotopic (exact) mass is 487 g/mol. The van der Waals surface area contributed by atoms with E-state index < -0.39 is 33.4 Å². The van der Waals surface area contributed by atoms with Crippen molar-refractivity contribution in [1.29, 1.82) is 0 Å². The third-order valence-electron chi connectivity index (χ3n) is 7.96. The van der Waals surface area contributed by atoms with Crippen LogP contribution in [-0.4, -0.2) is 62.5 Å². The molecule has 2 unspecified atom stereocenters. The van der Waals surface area contributed by atoms with Crippen LogP contribution < -0.4 is 10.6 Å². The summed E-state index contributed by atoms with van der Waals surface area (Å²) in [5.74, 6) is -1.50. The van der Waals surface area contributed by atoms with Gasteiger partial charge in [0.15, 0.2) is 0 Å². The van der Waals surface area contributed by atoms with E-state index in [1.54, 1.807) is 16.7 Å². The molecule has 6 atom stereocenters. The van der Waals surface area contributed by atoms with Gasteiger partial charge in [-0.2, -0.15) is 0 Å². The van der Waals surface area contributed by atoms with Crippen LogP contribution in [0.5, 0.6) is 0 Å². The van der Waals surface area contributed by atoms with Gasteiger partial charge in [0, 0.05) is 17.8 Å². The Morgan fingerprint density at radius 1 is 1.18 bits per heavy atom. The first-order valence-electron chi connectivity index (χ1n) is 12.6. The molecule has 4 rings (SSSR count). The number of benzene rings is 1. The van der Waals surface area contributed by atoms with E-state index >= 15 is 0 Å². The lowest BCUT2D eigenvalue weighted by molar-refractivity contribution is -0.143. The van der Waals surface area contributed by atoms with Crippen molar-refractivity contribution in [2.75, 3.05) is 13.2 Å². The molecule has 1 aromatic rings. The Hall–Kier alpha value is -2.06. The van der Waals surface area contributed by atoms with Crippen LogP contribution >= 0.6 is 11.8 Å². The summed E-state index contributed by atoms with van der Waals surface area (Å²) in [6, 6.07) is 8.63. The first kappa shape index (κ1) is 25.0. The summed E-state index contributed by atoms with van der Waals surface area (Å²) in [5, 5.41) is 16.2. The summed E-state index contributed by atoms with van der Waals surface area (Å²) < 4.78 is -1.03. The van der Waals surface area contributed by atoms with Crippen LogP contribution in [0.1, 0.15) is 58.4 Å². The first-order valence-corrected chi connectivity index (χ1v) is 13.4. The smallest absolute Gasteiger partial charge is 0.244 e. The predicted molar refractivity (Wildman–Crippen MR) is 133 cm³/mol. The third kappa shape index (κ3) is 4.02. The van der Waals surface area contributed by atoms with E-state index in [0.717, 1.165) is 31.2 Å². The van der Waals surface area contributed by atoms with E-state index in [9.17, 15) is 19.5 Å². The fourth-order valence-electron chi connectivity index (χ4n) is 6.25. The highest BCUT2D eigenvalue weighted by Gasteiger charge is 2.77.